The Bertz CT molecular complexity index is 985. The number of fused-ring (bicyclic) bond motifs is 1. The molecule has 5 heteroatoms. The molecule has 0 bridgehead atoms. The highest BCUT2D eigenvalue weighted by atomic mass is 16.1. The van der Waals surface area contributed by atoms with Crippen molar-refractivity contribution >= 4 is 16.8 Å². The lowest BCUT2D eigenvalue weighted by Crippen LogP contribution is -2.37. The summed E-state index contributed by atoms with van der Waals surface area (Å²) < 4.78 is 2.03. The van der Waals surface area contributed by atoms with Gasteiger partial charge in [0.2, 0.25) is 0 Å². The largest absolute Gasteiger partial charge is 0.351 e. The molecule has 1 N–H and O–H groups in total. The average molecular weight is 377 g/mol. The van der Waals surface area contributed by atoms with Gasteiger partial charge in [-0.05, 0) is 63.2 Å². The molecule has 5 nitrogen and oxygen atoms in total. The van der Waals surface area contributed by atoms with E-state index in [0.717, 1.165) is 47.5 Å². The predicted octanol–water partition coefficient (Wildman–Crippen LogP) is 3.76. The van der Waals surface area contributed by atoms with E-state index in [9.17, 15) is 4.79 Å². The number of hydrogen-bond acceptors (Lipinski definition) is 3. The van der Waals surface area contributed by atoms with Crippen LogP contribution in [0.3, 0.4) is 0 Å². The number of amides is 1. The third-order valence-electron chi connectivity index (χ3n) is 5.58. The number of rotatable bonds is 5. The van der Waals surface area contributed by atoms with Crippen LogP contribution in [0, 0.1) is 6.92 Å². The number of pyridine rings is 1. The number of hydrogen-bond donors (Lipinski definition) is 1. The van der Waals surface area contributed by atoms with E-state index in [-0.39, 0.29) is 5.91 Å². The zero-order chi connectivity index (χ0) is 19.5. The number of nitrogens with one attached hydrogen (secondary N) is 1. The van der Waals surface area contributed by atoms with E-state index in [1.54, 1.807) is 0 Å². The summed E-state index contributed by atoms with van der Waals surface area (Å²) in [6.07, 6.45) is 5.85. The molecule has 2 aromatic heterocycles. The fourth-order valence-corrected chi connectivity index (χ4v) is 3.99. The first-order chi connectivity index (χ1) is 13.6. The Morgan fingerprint density at radius 2 is 1.96 bits per heavy atom. The van der Waals surface area contributed by atoms with Crippen LogP contribution in [0.25, 0.3) is 22.3 Å². The number of carbonyl (C=O) groups excluding carboxylic acids is 1. The summed E-state index contributed by atoms with van der Waals surface area (Å²) in [5, 5.41) is 4.04. The van der Waals surface area contributed by atoms with Crippen LogP contribution in [0.1, 0.15) is 35.2 Å². The number of aromatic nitrogens is 2. The molecule has 28 heavy (non-hydrogen) atoms. The second-order valence-corrected chi connectivity index (χ2v) is 7.74. The van der Waals surface area contributed by atoms with Gasteiger partial charge in [-0.2, -0.15) is 0 Å². The molecule has 3 heterocycles. The lowest BCUT2D eigenvalue weighted by Gasteiger charge is -2.26. The number of likely N-dealkylation sites (tertiary alicyclic amines) is 1. The summed E-state index contributed by atoms with van der Waals surface area (Å²) in [7, 11) is 1.99. The molecule has 0 saturated carbocycles. The van der Waals surface area contributed by atoms with Crippen molar-refractivity contribution in [3.8, 4) is 11.4 Å². The molecule has 0 spiro atoms. The van der Waals surface area contributed by atoms with Crippen LogP contribution in [0.15, 0.2) is 42.6 Å². The summed E-state index contributed by atoms with van der Waals surface area (Å²) in [4.78, 5) is 20.3. The Kier molecular flexibility index (Phi) is 5.44. The van der Waals surface area contributed by atoms with Crippen molar-refractivity contribution in [3.05, 3.63) is 53.7 Å². The molecule has 1 fully saturated rings. The number of nitrogens with zero attached hydrogens (tertiary/aromatic N) is 3. The second kappa shape index (κ2) is 8.15. The highest BCUT2D eigenvalue weighted by Crippen LogP contribution is 2.26. The first-order valence-corrected chi connectivity index (χ1v) is 10.2. The summed E-state index contributed by atoms with van der Waals surface area (Å²) in [5.74, 6) is -0.0227. The number of piperidine rings is 1. The SMILES string of the molecule is Cc1ccc2nc(-c3cccn3C)cc(C(=O)NCCN3CCCCC3)c2c1. The molecule has 1 aliphatic heterocycles. The summed E-state index contributed by atoms with van der Waals surface area (Å²) in [6.45, 7) is 5.92. The molecule has 1 amide bonds. The van der Waals surface area contributed by atoms with Gasteiger partial charge < -0.3 is 14.8 Å². The van der Waals surface area contributed by atoms with Crippen molar-refractivity contribution in [3.63, 3.8) is 0 Å². The van der Waals surface area contributed by atoms with E-state index < -0.39 is 0 Å². The fourth-order valence-electron chi connectivity index (χ4n) is 3.99. The van der Waals surface area contributed by atoms with Gasteiger partial charge >= 0.3 is 0 Å². The second-order valence-electron chi connectivity index (χ2n) is 7.74. The summed E-state index contributed by atoms with van der Waals surface area (Å²) in [6, 6.07) is 12.0. The first kappa shape index (κ1) is 18.7. The maximum Gasteiger partial charge on any atom is 0.252 e. The normalized spacial score (nSPS) is 15.1. The van der Waals surface area contributed by atoms with Gasteiger partial charge in [0.25, 0.3) is 5.91 Å². The molecule has 0 radical (unpaired) electrons. The maximum atomic E-state index is 13.1. The molecule has 3 aromatic rings. The van der Waals surface area contributed by atoms with Crippen molar-refractivity contribution in [1.29, 1.82) is 0 Å². The molecule has 146 valence electrons. The minimum atomic E-state index is -0.0227. The third kappa shape index (κ3) is 3.94. The monoisotopic (exact) mass is 376 g/mol. The topological polar surface area (TPSA) is 50.2 Å². The lowest BCUT2D eigenvalue weighted by molar-refractivity contribution is 0.0948. The van der Waals surface area contributed by atoms with Gasteiger partial charge in [-0.1, -0.05) is 18.1 Å². The zero-order valence-electron chi connectivity index (χ0n) is 16.7. The van der Waals surface area contributed by atoms with Crippen LogP contribution in [-0.4, -0.2) is 46.5 Å². The van der Waals surface area contributed by atoms with Gasteiger partial charge in [-0.3, -0.25) is 4.79 Å². The Hall–Kier alpha value is -2.66. The molecular weight excluding hydrogens is 348 g/mol. The molecule has 1 aromatic carbocycles. The van der Waals surface area contributed by atoms with Gasteiger partial charge in [0.15, 0.2) is 0 Å². The molecule has 1 saturated heterocycles. The van der Waals surface area contributed by atoms with E-state index >= 15 is 0 Å². The molecule has 1 aliphatic rings. The molecule has 0 aliphatic carbocycles. The van der Waals surface area contributed by atoms with Gasteiger partial charge in [-0.15, -0.1) is 0 Å². The molecular formula is C23H28N4O. The van der Waals surface area contributed by atoms with Gasteiger partial charge in [0, 0.05) is 31.7 Å². The van der Waals surface area contributed by atoms with Crippen LogP contribution < -0.4 is 5.32 Å². The van der Waals surface area contributed by atoms with Gasteiger partial charge in [-0.25, -0.2) is 4.98 Å². The minimum absolute atomic E-state index is 0.0227. The summed E-state index contributed by atoms with van der Waals surface area (Å²) in [5.41, 5.74) is 4.51. The van der Waals surface area contributed by atoms with E-state index in [1.807, 2.05) is 55.1 Å². The average Bonchev–Trinajstić information content (AvgIpc) is 3.14. The zero-order valence-corrected chi connectivity index (χ0v) is 16.7. The lowest BCUT2D eigenvalue weighted by atomic mass is 10.0. The van der Waals surface area contributed by atoms with Crippen LogP contribution in [0.5, 0.6) is 0 Å². The van der Waals surface area contributed by atoms with E-state index in [0.29, 0.717) is 12.1 Å². The number of aryl methyl sites for hydroxylation is 2. The van der Waals surface area contributed by atoms with Crippen molar-refractivity contribution in [2.45, 2.75) is 26.2 Å². The predicted molar refractivity (Wildman–Crippen MR) is 114 cm³/mol. The third-order valence-corrected chi connectivity index (χ3v) is 5.58. The van der Waals surface area contributed by atoms with Crippen LogP contribution in [-0.2, 0) is 7.05 Å². The van der Waals surface area contributed by atoms with Crippen LogP contribution >= 0.6 is 0 Å². The van der Waals surface area contributed by atoms with Crippen molar-refractivity contribution in [2.75, 3.05) is 26.2 Å². The Morgan fingerprint density at radius 3 is 2.71 bits per heavy atom. The van der Waals surface area contributed by atoms with Gasteiger partial charge in [0.1, 0.15) is 0 Å². The standard InChI is InChI=1S/C23H28N4O/c1-17-8-9-20-18(15-17)19(16-21(25-20)22-7-6-11-26(22)2)23(28)24-10-14-27-12-4-3-5-13-27/h6-9,11,15-16H,3-5,10,12-14H2,1-2H3,(H,24,28). The van der Waals surface area contributed by atoms with E-state index in [4.69, 9.17) is 4.98 Å². The quantitative estimate of drug-likeness (QED) is 0.738. The van der Waals surface area contributed by atoms with Crippen molar-refractivity contribution in [2.24, 2.45) is 7.05 Å². The number of benzene rings is 1. The number of carbonyl (C=O) groups is 1. The van der Waals surface area contributed by atoms with Crippen LogP contribution in [0.4, 0.5) is 0 Å². The van der Waals surface area contributed by atoms with E-state index in [2.05, 4.69) is 16.3 Å². The summed E-state index contributed by atoms with van der Waals surface area (Å²) >= 11 is 0. The van der Waals surface area contributed by atoms with E-state index in [1.165, 1.54) is 19.3 Å². The maximum absolute atomic E-state index is 13.1. The Balaban J connectivity index is 1.61. The minimum Gasteiger partial charge on any atom is -0.351 e. The molecule has 0 atom stereocenters. The molecule has 0 unspecified atom stereocenters. The van der Waals surface area contributed by atoms with Crippen molar-refractivity contribution in [1.82, 2.24) is 19.8 Å². The highest BCUT2D eigenvalue weighted by molar-refractivity contribution is 6.07. The van der Waals surface area contributed by atoms with Crippen LogP contribution in [0.2, 0.25) is 0 Å². The Morgan fingerprint density at radius 1 is 1.14 bits per heavy atom. The smallest absolute Gasteiger partial charge is 0.252 e. The van der Waals surface area contributed by atoms with Gasteiger partial charge in [0.05, 0.1) is 22.5 Å². The Labute approximate surface area is 166 Å². The fraction of sp³-hybridized carbons (Fsp3) is 0.391. The molecule has 4 rings (SSSR count). The highest BCUT2D eigenvalue weighted by Gasteiger charge is 2.16. The van der Waals surface area contributed by atoms with Crippen molar-refractivity contribution < 1.29 is 4.79 Å². The first-order valence-electron chi connectivity index (χ1n) is 10.2.